The zero-order chi connectivity index (χ0) is 18.0. The molecule has 4 rings (SSSR count). The first-order valence-electron chi connectivity index (χ1n) is 7.56. The van der Waals surface area contributed by atoms with Gasteiger partial charge < -0.3 is 11.5 Å². The third kappa shape index (κ3) is 3.39. The zero-order valence-electron chi connectivity index (χ0n) is 13.2. The fourth-order valence-electron chi connectivity index (χ4n) is 2.66. The number of fused-ring (bicyclic) bond motifs is 4. The van der Waals surface area contributed by atoms with Crippen LogP contribution in [-0.2, 0) is 0 Å². The maximum atomic E-state index is 10.6. The van der Waals surface area contributed by atoms with Crippen LogP contribution in [0.15, 0.2) is 66.7 Å². The van der Waals surface area contributed by atoms with Crippen molar-refractivity contribution in [2.24, 2.45) is 11.5 Å². The van der Waals surface area contributed by atoms with Gasteiger partial charge in [0.15, 0.2) is 0 Å². The number of hydrogen-bond acceptors (Lipinski definition) is 2. The van der Waals surface area contributed by atoms with Crippen LogP contribution in [0.1, 0.15) is 20.7 Å². The summed E-state index contributed by atoms with van der Waals surface area (Å²) in [6, 6.07) is 20.3. The molecule has 0 aromatic heterocycles. The van der Waals surface area contributed by atoms with Crippen LogP contribution in [0.4, 0.5) is 0 Å². The quantitative estimate of drug-likeness (QED) is 0.575. The lowest BCUT2D eigenvalue weighted by Gasteiger charge is -2.23. The number of rotatable bonds is 2. The van der Waals surface area contributed by atoms with Crippen molar-refractivity contribution in [3.63, 3.8) is 0 Å². The van der Waals surface area contributed by atoms with E-state index in [2.05, 4.69) is 30.3 Å². The van der Waals surface area contributed by atoms with Gasteiger partial charge in [0, 0.05) is 16.1 Å². The van der Waals surface area contributed by atoms with E-state index in [1.807, 2.05) is 12.1 Å². The van der Waals surface area contributed by atoms with Crippen molar-refractivity contribution in [3.05, 3.63) is 82.9 Å². The van der Waals surface area contributed by atoms with E-state index in [-0.39, 0.29) is 0 Å². The van der Waals surface area contributed by atoms with Crippen LogP contribution in [0.2, 0.25) is 5.02 Å². The molecule has 124 valence electrons. The van der Waals surface area contributed by atoms with Crippen LogP contribution in [-0.4, -0.2) is 11.8 Å². The Balaban J connectivity index is 0.000000147. The maximum Gasteiger partial charge on any atom is 0.248 e. The summed E-state index contributed by atoms with van der Waals surface area (Å²) in [6.45, 7) is 0. The van der Waals surface area contributed by atoms with Gasteiger partial charge in [0.1, 0.15) is 0 Å². The number of amides is 2. The van der Waals surface area contributed by atoms with Crippen LogP contribution < -0.4 is 11.5 Å². The first-order valence-corrected chi connectivity index (χ1v) is 7.94. The Kier molecular flexibility index (Phi) is 4.55. The fourth-order valence-corrected chi connectivity index (χ4v) is 2.84. The third-order valence-corrected chi connectivity index (χ3v) is 4.18. The highest BCUT2D eigenvalue weighted by molar-refractivity contribution is 6.31. The van der Waals surface area contributed by atoms with Gasteiger partial charge in [0.05, 0.1) is 0 Å². The normalized spacial score (nSPS) is 10.4. The van der Waals surface area contributed by atoms with Crippen molar-refractivity contribution < 1.29 is 9.59 Å². The van der Waals surface area contributed by atoms with Crippen molar-refractivity contribution in [2.45, 2.75) is 0 Å². The third-order valence-electron chi connectivity index (χ3n) is 3.94. The first kappa shape index (κ1) is 16.7. The minimum atomic E-state index is -0.522. The van der Waals surface area contributed by atoms with Crippen molar-refractivity contribution in [1.29, 1.82) is 0 Å². The Labute approximate surface area is 150 Å². The topological polar surface area (TPSA) is 86.2 Å². The molecule has 4 nitrogen and oxygen atoms in total. The standard InChI is InChI=1S/C12H7Cl.C8H8N2O2/c13-8-5-6-11-9-3-1-2-4-10(9)12(11)7-8;9-7(11)5-1-2-6(4-3-5)8(10)12/h1-7H;1-4H,(H2,9,11)(H2,10,12). The van der Waals surface area contributed by atoms with Crippen molar-refractivity contribution in [1.82, 2.24) is 0 Å². The van der Waals surface area contributed by atoms with Crippen LogP contribution in [0.3, 0.4) is 0 Å². The van der Waals surface area contributed by atoms with Gasteiger partial charge in [0.2, 0.25) is 11.8 Å². The molecule has 0 aliphatic heterocycles. The van der Waals surface area contributed by atoms with E-state index < -0.39 is 11.8 Å². The Morgan fingerprint density at radius 1 is 0.640 bits per heavy atom. The van der Waals surface area contributed by atoms with Gasteiger partial charge in [-0.05, 0) is 58.7 Å². The highest BCUT2D eigenvalue weighted by Crippen LogP contribution is 2.47. The summed E-state index contributed by atoms with van der Waals surface area (Å²) >= 11 is 5.92. The summed E-state index contributed by atoms with van der Waals surface area (Å²) in [5.74, 6) is -1.04. The van der Waals surface area contributed by atoms with Crippen LogP contribution in [0.25, 0.3) is 22.3 Å². The zero-order valence-corrected chi connectivity index (χ0v) is 14.0. The summed E-state index contributed by atoms with van der Waals surface area (Å²) in [4.78, 5) is 21.2. The average Bonchev–Trinajstić information content (AvgIpc) is 2.61. The van der Waals surface area contributed by atoms with E-state index in [9.17, 15) is 9.59 Å². The molecule has 0 spiro atoms. The molecular weight excluding hydrogens is 336 g/mol. The monoisotopic (exact) mass is 350 g/mol. The smallest absolute Gasteiger partial charge is 0.248 e. The molecule has 3 aromatic carbocycles. The summed E-state index contributed by atoms with van der Waals surface area (Å²) in [5, 5.41) is 0.813. The van der Waals surface area contributed by atoms with E-state index in [1.165, 1.54) is 46.5 Å². The van der Waals surface area contributed by atoms with Crippen molar-refractivity contribution in [3.8, 4) is 22.3 Å². The molecule has 5 heteroatoms. The van der Waals surface area contributed by atoms with E-state index in [0.717, 1.165) is 5.02 Å². The van der Waals surface area contributed by atoms with Crippen molar-refractivity contribution in [2.75, 3.05) is 0 Å². The molecule has 0 heterocycles. The van der Waals surface area contributed by atoms with E-state index in [4.69, 9.17) is 23.1 Å². The fraction of sp³-hybridized carbons (Fsp3) is 0. The molecule has 1 aliphatic rings. The number of carbonyl (C=O) groups is 2. The van der Waals surface area contributed by atoms with Crippen molar-refractivity contribution >= 4 is 23.4 Å². The van der Waals surface area contributed by atoms with E-state index in [0.29, 0.717) is 11.1 Å². The lowest BCUT2D eigenvalue weighted by Crippen LogP contribution is -2.13. The number of carbonyl (C=O) groups excluding carboxylic acids is 2. The number of benzene rings is 3. The average molecular weight is 351 g/mol. The minimum absolute atomic E-state index is 0.361. The maximum absolute atomic E-state index is 10.6. The predicted molar refractivity (Wildman–Crippen MR) is 99.4 cm³/mol. The van der Waals surface area contributed by atoms with Gasteiger partial charge in [-0.25, -0.2) is 0 Å². The molecule has 0 bridgehead atoms. The molecule has 0 radical (unpaired) electrons. The number of hydrogen-bond donors (Lipinski definition) is 2. The van der Waals surface area contributed by atoms with Gasteiger partial charge in [0.25, 0.3) is 0 Å². The minimum Gasteiger partial charge on any atom is -0.366 e. The first-order chi connectivity index (χ1) is 12.0. The van der Waals surface area contributed by atoms with Crippen LogP contribution >= 0.6 is 11.6 Å². The number of primary amides is 2. The van der Waals surface area contributed by atoms with Gasteiger partial charge in [-0.2, -0.15) is 0 Å². The Hall–Kier alpha value is -3.11. The number of nitrogens with two attached hydrogens (primary N) is 2. The van der Waals surface area contributed by atoms with E-state index in [1.54, 1.807) is 0 Å². The van der Waals surface area contributed by atoms with Gasteiger partial charge in [-0.15, -0.1) is 0 Å². The van der Waals surface area contributed by atoms with Gasteiger partial charge in [-0.1, -0.05) is 41.9 Å². The van der Waals surface area contributed by atoms with Gasteiger partial charge in [-0.3, -0.25) is 9.59 Å². The summed E-state index contributed by atoms with van der Waals surface area (Å²) < 4.78 is 0. The molecule has 2 amide bonds. The molecule has 0 unspecified atom stereocenters. The molecule has 0 saturated carbocycles. The molecule has 25 heavy (non-hydrogen) atoms. The Morgan fingerprint density at radius 3 is 1.56 bits per heavy atom. The summed E-state index contributed by atoms with van der Waals surface area (Å²) in [6.07, 6.45) is 0. The summed E-state index contributed by atoms with van der Waals surface area (Å²) in [5.41, 5.74) is 16.0. The van der Waals surface area contributed by atoms with Crippen LogP contribution in [0.5, 0.6) is 0 Å². The molecule has 1 aliphatic carbocycles. The second-order valence-electron chi connectivity index (χ2n) is 5.54. The molecule has 0 fully saturated rings. The predicted octanol–water partition coefficient (Wildman–Crippen LogP) is 3.87. The molecule has 0 saturated heterocycles. The lowest BCUT2D eigenvalue weighted by atomic mass is 9.81. The van der Waals surface area contributed by atoms with Crippen LogP contribution in [0, 0.1) is 0 Å². The van der Waals surface area contributed by atoms with E-state index >= 15 is 0 Å². The largest absolute Gasteiger partial charge is 0.366 e. The Bertz CT molecular complexity index is 933. The molecular formula is C20H15ClN2O2. The highest BCUT2D eigenvalue weighted by atomic mass is 35.5. The second kappa shape index (κ2) is 6.79. The Morgan fingerprint density at radius 2 is 1.08 bits per heavy atom. The highest BCUT2D eigenvalue weighted by Gasteiger charge is 2.20. The second-order valence-corrected chi connectivity index (χ2v) is 5.98. The number of halogens is 1. The molecule has 3 aromatic rings. The molecule has 4 N–H and O–H groups in total. The molecule has 0 atom stereocenters. The van der Waals surface area contributed by atoms with Gasteiger partial charge >= 0.3 is 0 Å². The summed E-state index contributed by atoms with van der Waals surface area (Å²) in [7, 11) is 0. The lowest BCUT2D eigenvalue weighted by molar-refractivity contribution is 0.0988. The SMILES string of the molecule is Clc1ccc2c(c1)-c1ccccc1-2.NC(=O)c1ccc(C(N)=O)cc1.